The second-order valence-corrected chi connectivity index (χ2v) is 4.70. The molecule has 94 valence electrons. The fourth-order valence-electron chi connectivity index (χ4n) is 2.38. The molecule has 3 heteroatoms. The van der Waals surface area contributed by atoms with Gasteiger partial charge in [0.1, 0.15) is 0 Å². The van der Waals surface area contributed by atoms with Gasteiger partial charge in [-0.3, -0.25) is 11.3 Å². The van der Waals surface area contributed by atoms with Crippen molar-refractivity contribution >= 4 is 0 Å². The summed E-state index contributed by atoms with van der Waals surface area (Å²) in [4.78, 5) is 0. The first-order chi connectivity index (χ1) is 8.33. The summed E-state index contributed by atoms with van der Waals surface area (Å²) in [6.45, 7) is 3.04. The predicted octanol–water partition coefficient (Wildman–Crippen LogP) is 1.80. The summed E-state index contributed by atoms with van der Waals surface area (Å²) in [6.07, 6.45) is 4.56. The number of hydrogen-bond donors (Lipinski definition) is 2. The minimum absolute atomic E-state index is 0.227. The first-order valence-corrected chi connectivity index (χ1v) is 6.49. The molecule has 0 aliphatic carbocycles. The van der Waals surface area contributed by atoms with Crippen LogP contribution in [-0.4, -0.2) is 18.8 Å². The third-order valence-electron chi connectivity index (χ3n) is 3.51. The summed E-state index contributed by atoms with van der Waals surface area (Å²) in [5.74, 6) is 5.63. The number of aryl methyl sites for hydroxylation is 1. The third kappa shape index (κ3) is 3.28. The summed E-state index contributed by atoms with van der Waals surface area (Å²) in [6, 6.07) is 9.00. The van der Waals surface area contributed by atoms with Gasteiger partial charge in [-0.1, -0.05) is 31.2 Å². The van der Waals surface area contributed by atoms with E-state index in [1.54, 1.807) is 0 Å². The van der Waals surface area contributed by atoms with Crippen LogP contribution < -0.4 is 11.3 Å². The zero-order chi connectivity index (χ0) is 12.1. The van der Waals surface area contributed by atoms with Crippen LogP contribution in [0.1, 0.15) is 30.9 Å². The molecule has 0 saturated carbocycles. The zero-order valence-electron chi connectivity index (χ0n) is 10.5. The van der Waals surface area contributed by atoms with Gasteiger partial charge in [-0.15, -0.1) is 0 Å². The van der Waals surface area contributed by atoms with Crippen LogP contribution in [0.2, 0.25) is 0 Å². The van der Waals surface area contributed by atoms with Crippen LogP contribution in [0.4, 0.5) is 0 Å². The van der Waals surface area contributed by atoms with Crippen LogP contribution in [-0.2, 0) is 17.6 Å². The Morgan fingerprint density at radius 2 is 2.06 bits per heavy atom. The molecule has 0 radical (unpaired) electrons. The molecule has 1 heterocycles. The molecule has 1 saturated heterocycles. The van der Waals surface area contributed by atoms with E-state index in [2.05, 4.69) is 36.6 Å². The van der Waals surface area contributed by atoms with Gasteiger partial charge in [-0.25, -0.2) is 0 Å². The second-order valence-electron chi connectivity index (χ2n) is 4.70. The molecular weight excluding hydrogens is 212 g/mol. The van der Waals surface area contributed by atoms with Gasteiger partial charge in [-0.2, -0.15) is 0 Å². The summed E-state index contributed by atoms with van der Waals surface area (Å²) in [5, 5.41) is 0. The normalized spacial score (nSPS) is 21.6. The Kier molecular flexibility index (Phi) is 4.54. The average Bonchev–Trinajstić information content (AvgIpc) is 2.90. The standard InChI is InChI=1S/C14H22N2O/c1-2-11-5-7-12(8-6-11)10-13(16-15)14-4-3-9-17-14/h5-8,13-14,16H,2-4,9-10,15H2,1H3. The van der Waals surface area contributed by atoms with E-state index in [9.17, 15) is 0 Å². The number of hydrogen-bond acceptors (Lipinski definition) is 3. The van der Waals surface area contributed by atoms with Gasteiger partial charge >= 0.3 is 0 Å². The molecule has 2 unspecified atom stereocenters. The van der Waals surface area contributed by atoms with Crippen molar-refractivity contribution in [3.8, 4) is 0 Å². The van der Waals surface area contributed by atoms with Crippen LogP contribution in [0.15, 0.2) is 24.3 Å². The molecule has 1 fully saturated rings. The lowest BCUT2D eigenvalue weighted by Crippen LogP contribution is -2.45. The number of nitrogens with one attached hydrogen (secondary N) is 1. The van der Waals surface area contributed by atoms with Gasteiger partial charge in [0.2, 0.25) is 0 Å². The van der Waals surface area contributed by atoms with E-state index >= 15 is 0 Å². The van der Waals surface area contributed by atoms with Crippen LogP contribution in [0, 0.1) is 0 Å². The molecule has 0 amide bonds. The Balaban J connectivity index is 1.96. The van der Waals surface area contributed by atoms with Crippen molar-refractivity contribution in [3.05, 3.63) is 35.4 Å². The highest BCUT2D eigenvalue weighted by Crippen LogP contribution is 2.18. The largest absolute Gasteiger partial charge is 0.377 e. The first-order valence-electron chi connectivity index (χ1n) is 6.49. The van der Waals surface area contributed by atoms with E-state index in [1.165, 1.54) is 11.1 Å². The Morgan fingerprint density at radius 1 is 1.35 bits per heavy atom. The van der Waals surface area contributed by atoms with Crippen molar-refractivity contribution in [2.75, 3.05) is 6.61 Å². The molecule has 1 aliphatic heterocycles. The van der Waals surface area contributed by atoms with Crippen molar-refractivity contribution < 1.29 is 4.74 Å². The predicted molar refractivity (Wildman–Crippen MR) is 69.6 cm³/mol. The SMILES string of the molecule is CCc1ccc(CC(NN)C2CCCO2)cc1. The van der Waals surface area contributed by atoms with Gasteiger partial charge in [-0.05, 0) is 36.8 Å². The van der Waals surface area contributed by atoms with Crippen molar-refractivity contribution in [1.29, 1.82) is 0 Å². The van der Waals surface area contributed by atoms with Crippen LogP contribution in [0.25, 0.3) is 0 Å². The van der Waals surface area contributed by atoms with E-state index in [0.717, 1.165) is 32.3 Å². The van der Waals surface area contributed by atoms with E-state index in [0.29, 0.717) is 0 Å². The molecular formula is C14H22N2O. The maximum atomic E-state index is 5.68. The molecule has 0 spiro atoms. The van der Waals surface area contributed by atoms with Crippen molar-refractivity contribution in [2.45, 2.75) is 44.8 Å². The second kappa shape index (κ2) is 6.15. The monoisotopic (exact) mass is 234 g/mol. The highest BCUT2D eigenvalue weighted by molar-refractivity contribution is 5.23. The van der Waals surface area contributed by atoms with Gasteiger partial charge < -0.3 is 4.74 Å². The summed E-state index contributed by atoms with van der Waals surface area (Å²) >= 11 is 0. The van der Waals surface area contributed by atoms with Gasteiger partial charge in [0.05, 0.1) is 12.1 Å². The third-order valence-corrected chi connectivity index (χ3v) is 3.51. The molecule has 17 heavy (non-hydrogen) atoms. The zero-order valence-corrected chi connectivity index (χ0v) is 10.5. The Morgan fingerprint density at radius 3 is 2.59 bits per heavy atom. The molecule has 3 N–H and O–H groups in total. The van der Waals surface area contributed by atoms with Crippen molar-refractivity contribution in [1.82, 2.24) is 5.43 Å². The molecule has 1 aromatic rings. The lowest BCUT2D eigenvalue weighted by molar-refractivity contribution is 0.0784. The molecule has 2 rings (SSSR count). The lowest BCUT2D eigenvalue weighted by Gasteiger charge is -2.22. The fraction of sp³-hybridized carbons (Fsp3) is 0.571. The van der Waals surface area contributed by atoms with Crippen LogP contribution in [0.5, 0.6) is 0 Å². The molecule has 3 nitrogen and oxygen atoms in total. The molecule has 1 aliphatic rings. The quantitative estimate of drug-likeness (QED) is 0.603. The number of ether oxygens (including phenoxy) is 1. The van der Waals surface area contributed by atoms with Gasteiger partial charge in [0.15, 0.2) is 0 Å². The minimum Gasteiger partial charge on any atom is -0.377 e. The summed E-state index contributed by atoms with van der Waals surface area (Å²) in [7, 11) is 0. The Hall–Kier alpha value is -0.900. The van der Waals surface area contributed by atoms with E-state index < -0.39 is 0 Å². The van der Waals surface area contributed by atoms with E-state index in [-0.39, 0.29) is 12.1 Å². The van der Waals surface area contributed by atoms with Crippen molar-refractivity contribution in [3.63, 3.8) is 0 Å². The number of rotatable bonds is 5. The topological polar surface area (TPSA) is 47.3 Å². The Bertz CT molecular complexity index is 331. The number of benzene rings is 1. The van der Waals surface area contributed by atoms with E-state index in [4.69, 9.17) is 10.6 Å². The smallest absolute Gasteiger partial charge is 0.0745 e. The van der Waals surface area contributed by atoms with Crippen molar-refractivity contribution in [2.24, 2.45) is 5.84 Å². The average molecular weight is 234 g/mol. The summed E-state index contributed by atoms with van der Waals surface area (Å²) in [5.41, 5.74) is 5.59. The molecule has 0 bridgehead atoms. The molecule has 2 atom stereocenters. The van der Waals surface area contributed by atoms with E-state index in [1.807, 2.05) is 0 Å². The molecule has 1 aromatic carbocycles. The Labute approximate surface area is 103 Å². The minimum atomic E-state index is 0.227. The summed E-state index contributed by atoms with van der Waals surface area (Å²) < 4.78 is 5.68. The number of nitrogens with two attached hydrogens (primary N) is 1. The lowest BCUT2D eigenvalue weighted by atomic mass is 9.99. The van der Waals surface area contributed by atoms with Crippen LogP contribution >= 0.6 is 0 Å². The molecule has 0 aromatic heterocycles. The van der Waals surface area contributed by atoms with Gasteiger partial charge in [0, 0.05) is 6.61 Å². The maximum absolute atomic E-state index is 5.68. The highest BCUT2D eigenvalue weighted by atomic mass is 16.5. The van der Waals surface area contributed by atoms with Gasteiger partial charge in [0.25, 0.3) is 0 Å². The maximum Gasteiger partial charge on any atom is 0.0745 e. The number of hydrazine groups is 1. The first kappa shape index (κ1) is 12.6. The van der Waals surface area contributed by atoms with Crippen LogP contribution in [0.3, 0.4) is 0 Å². The highest BCUT2D eigenvalue weighted by Gasteiger charge is 2.24. The fourth-order valence-corrected chi connectivity index (χ4v) is 2.38.